The van der Waals surface area contributed by atoms with Crippen LogP contribution < -0.4 is 5.73 Å². The molecule has 4 aromatic rings. The Balaban J connectivity index is 0.000000660. The second-order valence-corrected chi connectivity index (χ2v) is 5.26. The van der Waals surface area contributed by atoms with Crippen molar-refractivity contribution in [1.82, 2.24) is 29.4 Å². The van der Waals surface area contributed by atoms with Gasteiger partial charge in [-0.2, -0.15) is 27.8 Å². The maximum absolute atomic E-state index is 12.6. The summed E-state index contributed by atoms with van der Waals surface area (Å²) < 4.78 is 40.9. The van der Waals surface area contributed by atoms with Crippen LogP contribution in [0.4, 0.5) is 19.1 Å². The topological polar surface area (TPSA) is 127 Å². The summed E-state index contributed by atoms with van der Waals surface area (Å²) in [6.07, 6.45) is -2.66. The van der Waals surface area contributed by atoms with Gasteiger partial charge in [-0.1, -0.05) is 12.1 Å². The maximum Gasteiger partial charge on any atom is 0.416 e. The molecule has 3 heterocycles. The lowest BCUT2D eigenvalue weighted by atomic mass is 10.1. The second kappa shape index (κ2) is 8.19. The number of halogens is 3. The molecular formula is C16H18F3N7O2. The minimum atomic E-state index is -4.39. The highest BCUT2D eigenvalue weighted by Crippen LogP contribution is 2.30. The average Bonchev–Trinajstić information content (AvgIpc) is 3.28. The third-order valence-electron chi connectivity index (χ3n) is 3.57. The molecule has 12 heteroatoms. The summed E-state index contributed by atoms with van der Waals surface area (Å²) in [6, 6.07) is 4.62. The van der Waals surface area contributed by atoms with Crippen LogP contribution in [-0.2, 0) is 13.2 Å². The highest BCUT2D eigenvalue weighted by Gasteiger charge is 2.30. The molecule has 0 radical (unpaired) electrons. The summed E-state index contributed by atoms with van der Waals surface area (Å²) in [4.78, 5) is 8.51. The van der Waals surface area contributed by atoms with Crippen molar-refractivity contribution in [2.45, 2.75) is 6.18 Å². The molecule has 0 atom stereocenters. The summed E-state index contributed by atoms with van der Waals surface area (Å²) in [5.41, 5.74) is 6.44. The van der Waals surface area contributed by atoms with Gasteiger partial charge in [-0.15, -0.1) is 5.10 Å². The molecule has 0 bridgehead atoms. The van der Waals surface area contributed by atoms with E-state index in [0.717, 1.165) is 26.4 Å². The number of hydrogen-bond acceptors (Lipinski definition) is 7. The number of rotatable bonds is 1. The van der Waals surface area contributed by atoms with Crippen LogP contribution in [-0.4, -0.2) is 53.8 Å². The zero-order chi connectivity index (χ0) is 21.1. The zero-order valence-electron chi connectivity index (χ0n) is 15.2. The minimum absolute atomic E-state index is 0.0989. The number of alkyl halides is 3. The van der Waals surface area contributed by atoms with Gasteiger partial charge in [0.15, 0.2) is 17.1 Å². The molecule has 0 aliphatic heterocycles. The first-order valence-corrected chi connectivity index (χ1v) is 7.75. The number of nitrogen functional groups attached to an aromatic ring is 1. The van der Waals surface area contributed by atoms with Gasteiger partial charge in [-0.25, -0.2) is 4.98 Å². The van der Waals surface area contributed by atoms with E-state index < -0.39 is 11.7 Å². The summed E-state index contributed by atoms with van der Waals surface area (Å²) >= 11 is 0. The summed E-state index contributed by atoms with van der Waals surface area (Å²) in [5.74, 6) is 0.357. The number of fused-ring (bicyclic) bond motifs is 3. The third kappa shape index (κ3) is 3.87. The van der Waals surface area contributed by atoms with Crippen molar-refractivity contribution >= 4 is 22.6 Å². The van der Waals surface area contributed by atoms with Crippen LogP contribution in [0.25, 0.3) is 28.1 Å². The van der Waals surface area contributed by atoms with E-state index in [9.17, 15) is 13.2 Å². The fraction of sp³-hybridized carbons (Fsp3) is 0.250. The van der Waals surface area contributed by atoms with E-state index in [2.05, 4.69) is 20.2 Å². The predicted octanol–water partition coefficient (Wildman–Crippen LogP) is 1.50. The van der Waals surface area contributed by atoms with Crippen molar-refractivity contribution < 1.29 is 23.4 Å². The normalized spacial score (nSPS) is 11.0. The fourth-order valence-electron chi connectivity index (χ4n) is 2.45. The Morgan fingerprint density at radius 2 is 1.57 bits per heavy atom. The molecule has 4 N–H and O–H groups in total. The molecular weight excluding hydrogens is 379 g/mol. The van der Waals surface area contributed by atoms with E-state index in [0.29, 0.717) is 22.2 Å². The van der Waals surface area contributed by atoms with E-state index in [1.54, 1.807) is 17.9 Å². The number of anilines is 1. The number of nitrogens with two attached hydrogens (primary N) is 1. The van der Waals surface area contributed by atoms with Gasteiger partial charge < -0.3 is 15.9 Å². The fourth-order valence-corrected chi connectivity index (χ4v) is 2.45. The summed E-state index contributed by atoms with van der Waals surface area (Å²) in [5, 5.41) is 23.0. The molecule has 1 aromatic carbocycles. The van der Waals surface area contributed by atoms with E-state index in [1.807, 2.05) is 0 Å². The van der Waals surface area contributed by atoms with Crippen molar-refractivity contribution in [2.24, 2.45) is 7.05 Å². The molecule has 0 amide bonds. The van der Waals surface area contributed by atoms with E-state index >= 15 is 0 Å². The van der Waals surface area contributed by atoms with E-state index in [-0.39, 0.29) is 11.8 Å². The predicted molar refractivity (Wildman–Crippen MR) is 96.2 cm³/mol. The number of aliphatic hydroxyl groups is 2. The highest BCUT2D eigenvalue weighted by atomic mass is 19.4. The molecule has 0 fully saturated rings. The number of hydrogen-bond donors (Lipinski definition) is 3. The van der Waals surface area contributed by atoms with Crippen LogP contribution in [0.15, 0.2) is 30.5 Å². The van der Waals surface area contributed by atoms with Crippen molar-refractivity contribution in [3.63, 3.8) is 0 Å². The smallest absolute Gasteiger partial charge is 0.400 e. The van der Waals surface area contributed by atoms with Gasteiger partial charge in [0.05, 0.1) is 10.9 Å². The first-order valence-electron chi connectivity index (χ1n) is 7.75. The number of aromatic nitrogens is 6. The Morgan fingerprint density at radius 1 is 0.964 bits per heavy atom. The molecule has 28 heavy (non-hydrogen) atoms. The van der Waals surface area contributed by atoms with Crippen molar-refractivity contribution in [1.29, 1.82) is 0 Å². The van der Waals surface area contributed by atoms with Crippen molar-refractivity contribution in [3.05, 3.63) is 36.0 Å². The van der Waals surface area contributed by atoms with Crippen LogP contribution in [0, 0.1) is 0 Å². The third-order valence-corrected chi connectivity index (χ3v) is 3.57. The molecule has 4 rings (SSSR count). The van der Waals surface area contributed by atoms with Gasteiger partial charge in [0.25, 0.3) is 0 Å². The lowest BCUT2D eigenvalue weighted by Crippen LogP contribution is -2.04. The van der Waals surface area contributed by atoms with Gasteiger partial charge in [-0.05, 0) is 12.1 Å². The molecule has 9 nitrogen and oxygen atoms in total. The van der Waals surface area contributed by atoms with Crippen LogP contribution in [0.2, 0.25) is 0 Å². The maximum atomic E-state index is 12.6. The average molecular weight is 397 g/mol. The van der Waals surface area contributed by atoms with Crippen LogP contribution in [0.1, 0.15) is 5.56 Å². The Hall–Kier alpha value is -3.25. The van der Waals surface area contributed by atoms with Gasteiger partial charge in [-0.3, -0.25) is 4.68 Å². The molecule has 0 spiro atoms. The second-order valence-electron chi connectivity index (χ2n) is 5.26. The van der Waals surface area contributed by atoms with Crippen LogP contribution in [0.5, 0.6) is 0 Å². The summed E-state index contributed by atoms with van der Waals surface area (Å²) in [6.45, 7) is 0. The van der Waals surface area contributed by atoms with Crippen molar-refractivity contribution in [2.75, 3.05) is 20.0 Å². The SMILES string of the molecule is CO.CO.Cn1cc2c(nc(N)n3nc(-c4ccc(C(F)(F)F)cc4)nc23)n1. The van der Waals surface area contributed by atoms with Gasteiger partial charge in [0.1, 0.15) is 0 Å². The number of benzene rings is 1. The van der Waals surface area contributed by atoms with Crippen molar-refractivity contribution in [3.8, 4) is 11.4 Å². The number of nitrogens with zero attached hydrogens (tertiary/aromatic N) is 6. The van der Waals surface area contributed by atoms with E-state index in [4.69, 9.17) is 15.9 Å². The quantitative estimate of drug-likeness (QED) is 0.444. The zero-order valence-corrected chi connectivity index (χ0v) is 15.2. The molecule has 0 unspecified atom stereocenters. The lowest BCUT2D eigenvalue weighted by Gasteiger charge is -2.05. The van der Waals surface area contributed by atoms with Crippen LogP contribution in [0.3, 0.4) is 0 Å². The molecule has 0 aliphatic rings. The first kappa shape index (κ1) is 21.1. The Bertz CT molecular complexity index is 1070. The van der Waals surface area contributed by atoms with Gasteiger partial charge in [0, 0.05) is 33.0 Å². The molecule has 3 aromatic heterocycles. The highest BCUT2D eigenvalue weighted by molar-refractivity contribution is 5.90. The Labute approximate surface area is 156 Å². The summed E-state index contributed by atoms with van der Waals surface area (Å²) in [7, 11) is 3.74. The van der Waals surface area contributed by atoms with Gasteiger partial charge in [0.2, 0.25) is 5.95 Å². The molecule has 0 aliphatic carbocycles. The van der Waals surface area contributed by atoms with E-state index in [1.165, 1.54) is 16.6 Å². The monoisotopic (exact) mass is 397 g/mol. The van der Waals surface area contributed by atoms with Crippen LogP contribution >= 0.6 is 0 Å². The molecule has 0 saturated heterocycles. The first-order chi connectivity index (χ1) is 13.3. The van der Waals surface area contributed by atoms with Gasteiger partial charge >= 0.3 is 6.18 Å². The molecule has 150 valence electrons. The lowest BCUT2D eigenvalue weighted by molar-refractivity contribution is -0.137. The number of aliphatic hydroxyl groups excluding tert-OH is 2. The minimum Gasteiger partial charge on any atom is -0.400 e. The largest absolute Gasteiger partial charge is 0.416 e. The Morgan fingerprint density at radius 3 is 2.14 bits per heavy atom. The number of aryl methyl sites for hydroxylation is 1. The Kier molecular flexibility index (Phi) is 6.16. The molecule has 0 saturated carbocycles. The standard InChI is InChI=1S/C14H10F3N7.2CH4O/c1-23-6-9-11(21-23)20-13(18)24-12(9)19-10(22-24)7-2-4-8(5-3-7)14(15,16)17;2*1-2/h2-6H,1H3,(H2,18,20,21);2*2H,1H3.